The number of methoxy groups -OCH3 is 1. The van der Waals surface area contributed by atoms with Crippen molar-refractivity contribution in [1.82, 2.24) is 49.6 Å². The first kappa shape index (κ1) is 93.3. The number of aromatic nitrogens is 5. The molecule has 5 aromatic rings. The molecule has 5 aliphatic heterocycles. The van der Waals surface area contributed by atoms with Crippen LogP contribution in [0.3, 0.4) is 0 Å². The van der Waals surface area contributed by atoms with Crippen molar-refractivity contribution in [1.29, 1.82) is 0 Å². The molecule has 30 heteroatoms. The Morgan fingerprint density at radius 1 is 0.686 bits per heavy atom. The number of piperidine rings is 1. The molecule has 3 aromatic heterocycles. The molecule has 6 N–H and O–H groups in total. The van der Waals surface area contributed by atoms with E-state index in [2.05, 4.69) is 68.2 Å². The molecule has 6 aliphatic rings. The minimum atomic E-state index is -0.916. The van der Waals surface area contributed by atoms with Gasteiger partial charge in [-0.1, -0.05) is 75.4 Å². The van der Waals surface area contributed by atoms with E-state index in [9.17, 15) is 33.9 Å². The van der Waals surface area contributed by atoms with Crippen LogP contribution in [0.25, 0.3) is 33.4 Å². The molecule has 9 atom stereocenters. The second-order valence-electron chi connectivity index (χ2n) is 33.5. The van der Waals surface area contributed by atoms with Crippen LogP contribution in [0, 0.1) is 23.7 Å². The number of aliphatic hydroxyl groups is 1. The van der Waals surface area contributed by atoms with E-state index in [-0.39, 0.29) is 66.7 Å². The number of Topliss-reactive ketones (excluding diaryl/α,β-unsaturated/α-hetero) is 2. The number of nitrogens with one attached hydrogen (secondary N) is 1. The summed E-state index contributed by atoms with van der Waals surface area (Å²) in [6.07, 6.45) is 21.5. The van der Waals surface area contributed by atoms with Crippen LogP contribution < -0.4 is 16.8 Å². The number of ketones is 2. The van der Waals surface area contributed by atoms with Crippen molar-refractivity contribution >= 4 is 69.4 Å². The van der Waals surface area contributed by atoms with Crippen LogP contribution in [0.2, 0.25) is 0 Å². The molecule has 8 heterocycles. The third-order valence-electron chi connectivity index (χ3n) is 24.3. The summed E-state index contributed by atoms with van der Waals surface area (Å²) >= 11 is 0. The van der Waals surface area contributed by atoms with Crippen molar-refractivity contribution in [3.05, 3.63) is 107 Å². The number of nitrogen functional groups attached to an aromatic ring is 2. The summed E-state index contributed by atoms with van der Waals surface area (Å²) in [4.78, 5) is 103. The number of benzene rings is 2. The monoisotopic (exact) mass is 1680 g/mol. The van der Waals surface area contributed by atoms with Crippen LogP contribution in [-0.4, -0.2) is 273 Å². The van der Waals surface area contributed by atoms with Gasteiger partial charge in [0.05, 0.1) is 116 Å². The lowest BCUT2D eigenvalue weighted by atomic mass is 9.83. The molecule has 30 nitrogen and oxygen atoms in total. The number of oxazole rings is 1. The number of cyclic esters (lactones) is 1. The van der Waals surface area contributed by atoms with Gasteiger partial charge in [0.1, 0.15) is 53.5 Å². The van der Waals surface area contributed by atoms with Gasteiger partial charge >= 0.3 is 12.1 Å². The van der Waals surface area contributed by atoms with E-state index in [1.807, 2.05) is 72.9 Å². The number of rotatable bonds is 32. The number of allylic oxidation sites excluding steroid dienone is 6. The summed E-state index contributed by atoms with van der Waals surface area (Å²) in [5, 5.41) is 19.7. The van der Waals surface area contributed by atoms with Crippen molar-refractivity contribution in [3.8, 4) is 11.3 Å². The molecular formula is C91H132N12O18. The molecule has 1 aliphatic carbocycles. The number of esters is 1. The van der Waals surface area contributed by atoms with Gasteiger partial charge in [0, 0.05) is 96.9 Å². The van der Waals surface area contributed by atoms with Crippen molar-refractivity contribution < 1.29 is 85.7 Å². The zero-order chi connectivity index (χ0) is 85.4. The number of fused-ring (bicyclic) bond motifs is 6. The predicted molar refractivity (Wildman–Crippen MR) is 459 cm³/mol. The quantitative estimate of drug-likeness (QED) is 0.0134. The highest BCUT2D eigenvalue weighted by Gasteiger charge is 2.42. The summed E-state index contributed by atoms with van der Waals surface area (Å²) in [7, 11) is 1.66. The normalized spacial score (nSPS) is 26.1. The topological polar surface area (TPSA) is 362 Å². The van der Waals surface area contributed by atoms with Crippen LogP contribution in [0.5, 0.6) is 0 Å². The predicted octanol–water partition coefficient (Wildman–Crippen LogP) is 10.5. The number of nitrogens with zero attached hydrogens (tertiary/aromatic N) is 9. The molecule has 2 bridgehead atoms. The van der Waals surface area contributed by atoms with Crippen LogP contribution in [0.15, 0.2) is 94.7 Å². The van der Waals surface area contributed by atoms with E-state index in [0.29, 0.717) is 222 Å². The van der Waals surface area contributed by atoms with Crippen molar-refractivity contribution in [2.24, 2.45) is 23.7 Å². The average Bonchev–Trinajstić information content (AvgIpc) is 1.61. The molecule has 664 valence electrons. The number of hydrogen-bond acceptors (Lipinski definition) is 26. The third-order valence-corrected chi connectivity index (χ3v) is 24.3. The molecule has 11 rings (SSSR count). The van der Waals surface area contributed by atoms with Crippen LogP contribution in [-0.2, 0) is 90.9 Å². The Morgan fingerprint density at radius 3 is 2.12 bits per heavy atom. The minimum absolute atomic E-state index is 0.00227. The Balaban J connectivity index is 0.490. The minimum Gasteiger partial charge on any atom is -0.461 e. The van der Waals surface area contributed by atoms with E-state index < -0.39 is 48.1 Å². The molecule has 0 radical (unpaired) electrons. The second kappa shape index (κ2) is 48.6. The van der Waals surface area contributed by atoms with Crippen molar-refractivity contribution in [2.75, 3.05) is 157 Å². The maximum Gasteiger partial charge on any atom is 0.407 e. The van der Waals surface area contributed by atoms with Gasteiger partial charge in [0.15, 0.2) is 11.2 Å². The lowest BCUT2D eigenvalue weighted by Gasteiger charge is -2.36. The first-order valence-electron chi connectivity index (χ1n) is 44.2. The zero-order valence-electron chi connectivity index (χ0n) is 72.1. The van der Waals surface area contributed by atoms with Gasteiger partial charge in [-0.15, -0.1) is 0 Å². The Bertz CT molecular complexity index is 4260. The molecular weight excluding hydrogens is 1550 g/mol. The largest absolute Gasteiger partial charge is 0.461 e. The summed E-state index contributed by atoms with van der Waals surface area (Å²) in [6, 6.07) is 11.1. The van der Waals surface area contributed by atoms with Gasteiger partial charge in [-0.05, 0) is 180 Å². The van der Waals surface area contributed by atoms with Crippen LogP contribution in [0.4, 0.5) is 16.6 Å². The summed E-state index contributed by atoms with van der Waals surface area (Å²) in [6.45, 7) is 23.1. The van der Waals surface area contributed by atoms with E-state index in [1.165, 1.54) is 16.8 Å². The summed E-state index contributed by atoms with van der Waals surface area (Å²) in [5.41, 5.74) is 20.5. The van der Waals surface area contributed by atoms with E-state index in [1.54, 1.807) is 13.2 Å². The molecule has 1 saturated carbocycles. The Hall–Kier alpha value is -8.40. The fourth-order valence-electron chi connectivity index (χ4n) is 17.2. The van der Waals surface area contributed by atoms with Crippen molar-refractivity contribution in [3.63, 3.8) is 0 Å². The Labute approximate surface area is 712 Å². The van der Waals surface area contributed by atoms with E-state index in [4.69, 9.17) is 68.4 Å². The van der Waals surface area contributed by atoms with E-state index >= 15 is 0 Å². The van der Waals surface area contributed by atoms with Gasteiger partial charge in [-0.2, -0.15) is 10.1 Å². The van der Waals surface area contributed by atoms with E-state index in [0.717, 1.165) is 106 Å². The lowest BCUT2D eigenvalue weighted by Crippen LogP contribution is -2.54. The van der Waals surface area contributed by atoms with Gasteiger partial charge in [0.2, 0.25) is 11.7 Å². The van der Waals surface area contributed by atoms with Crippen LogP contribution in [0.1, 0.15) is 167 Å². The molecule has 4 fully saturated rings. The first-order valence-corrected chi connectivity index (χ1v) is 44.2. The molecule has 3 amide bonds. The number of carbonyl (C=O) groups excluding carboxylic acids is 6. The fraction of sp³-hybridized carbons (Fsp3) is 0.648. The van der Waals surface area contributed by atoms with Gasteiger partial charge in [0.25, 0.3) is 11.9 Å². The lowest BCUT2D eigenvalue weighted by molar-refractivity contribution is -0.167. The first-order chi connectivity index (χ1) is 58.7. The molecule has 2 aromatic carbocycles. The number of aliphatic hydroxyl groups excluding tert-OH is 1. The fourth-order valence-corrected chi connectivity index (χ4v) is 17.2. The Morgan fingerprint density at radius 2 is 1.40 bits per heavy atom. The van der Waals surface area contributed by atoms with Crippen molar-refractivity contribution in [2.45, 2.75) is 212 Å². The smallest absolute Gasteiger partial charge is 0.407 e. The number of amides is 3. The SMILES string of the molecule is CO[C@H]1CC2CCCC(O2)C(=O)C(=O)N2CCCC[C@H]2C(=O)O[C@H](CC[C@H]2CC[C@H](OC(=O)NCCOCCOCCN3CCN(CCOCCOCCOCCOCCC(=O)N4CCc5cc(Cn6nc(-c7ccc8oc(N)nc8c7)c7c(N)ncnc76)ccc5C4)CC3)CC2)CC[C@H](C)/C=C(\C)[C@@H](O)CC(=O)[C@H](C)C[C@H](C)/C=C/C=C/C=C/1C. The van der Waals surface area contributed by atoms with Gasteiger partial charge in [-0.25, -0.2) is 24.2 Å². The molecule has 3 saturated heterocycles. The number of ether oxygens (including phenoxy) is 10. The van der Waals surface area contributed by atoms with Crippen LogP contribution >= 0.6 is 0 Å². The third kappa shape index (κ3) is 29.1. The highest BCUT2D eigenvalue weighted by Crippen LogP contribution is 2.36. The highest BCUT2D eigenvalue weighted by atomic mass is 16.6. The standard InChI is InChI=1S/C91H132N12O18/c1-62-13-8-7-9-14-64(3)81(111-6)57-74-15-12-17-80(118-74)85(107)88(108)102-33-11-10-16-76(102)89(109)119-72(25-18-63(2)54-66(5)78(105)58-77(104)65(4)53-62)26-20-67-21-27-73(28-22-67)120-91(110)94-32-42-113-46-47-114-43-39-99-35-37-100(38-36-99)40-44-115-48-50-117-52-51-116-49-45-112-41-31-82(106)101-34-30-69-55-68(19-23-71(69)60-101)59-103-87-83(86(92)95-61-96-87)84(98-103)70-24-29-79-75(56-70)97-90(93)121-79/h7-9,13-14,19,23-24,29,54-56,61-63,65,67,72-74,76,78,80-81,105H,10-12,15-18,20-22,25-28,30-53,57-60H2,1-6H3,(H2,93,97)(H,94,110)(H2,92,95,96)/b9-7+,13-8+,64-14+,66-54+/t62-,63+,65-,67-,72+,73-,74?,76+,78+,80?,81+/m1/s1. The average molecular weight is 1680 g/mol. The highest BCUT2D eigenvalue weighted by molar-refractivity contribution is 6.38. The molecule has 0 spiro atoms. The summed E-state index contributed by atoms with van der Waals surface area (Å²) in [5.74, 6) is -1.20. The number of piperazine rings is 1. The number of alkyl carbamates (subject to hydrolysis) is 1. The molecule has 2 unspecified atom stereocenters. The van der Waals surface area contributed by atoms with Gasteiger partial charge < -0.3 is 83.5 Å². The second-order valence-corrected chi connectivity index (χ2v) is 33.5. The zero-order valence-corrected chi connectivity index (χ0v) is 72.1. The maximum absolute atomic E-state index is 14.4. The number of hydrogen-bond donors (Lipinski definition) is 4. The number of carbonyl (C=O) groups is 6. The number of nitrogens with two attached hydrogens (primary N) is 2. The van der Waals surface area contributed by atoms with Gasteiger partial charge in [-0.3, -0.25) is 29.0 Å². The molecule has 121 heavy (non-hydrogen) atoms. The number of anilines is 2. The maximum atomic E-state index is 14.4. The Kier molecular flexibility index (Phi) is 37.5. The summed E-state index contributed by atoms with van der Waals surface area (Å²) < 4.78 is 66.5.